The van der Waals surface area contributed by atoms with Gasteiger partial charge in [0.25, 0.3) is 0 Å². The molecule has 0 aliphatic rings. The molecule has 0 saturated heterocycles. The van der Waals surface area contributed by atoms with Crippen LogP contribution in [-0.4, -0.2) is 28.5 Å². The van der Waals surface area contributed by atoms with Crippen LogP contribution in [0.15, 0.2) is 0 Å². The molecule has 0 aliphatic heterocycles. The minimum atomic E-state index is -2.07. The highest BCUT2D eigenvalue weighted by Crippen LogP contribution is 2.09. The van der Waals surface area contributed by atoms with Gasteiger partial charge in [-0.05, 0) is 19.4 Å². The molecule has 0 spiro atoms. The van der Waals surface area contributed by atoms with Crippen LogP contribution in [0.2, 0.25) is 0 Å². The van der Waals surface area contributed by atoms with Crippen molar-refractivity contribution in [3.63, 3.8) is 0 Å². The van der Waals surface area contributed by atoms with Crippen LogP contribution in [0.5, 0.6) is 0 Å². The SMILES string of the molecule is NCCCCC[C@@](N)(O)C(=O)O. The highest BCUT2D eigenvalue weighted by molar-refractivity contribution is 5.75. The Labute approximate surface area is 71.4 Å². The van der Waals surface area contributed by atoms with E-state index in [1.54, 1.807) is 0 Å². The van der Waals surface area contributed by atoms with Crippen LogP contribution >= 0.6 is 0 Å². The first kappa shape index (κ1) is 11.4. The summed E-state index contributed by atoms with van der Waals surface area (Å²) in [4.78, 5) is 10.3. The van der Waals surface area contributed by atoms with E-state index < -0.39 is 11.7 Å². The molecule has 5 heteroatoms. The third-order valence-electron chi connectivity index (χ3n) is 1.63. The van der Waals surface area contributed by atoms with Gasteiger partial charge in [0.15, 0.2) is 0 Å². The summed E-state index contributed by atoms with van der Waals surface area (Å²) >= 11 is 0. The molecule has 0 aromatic rings. The average Bonchev–Trinajstić information content (AvgIpc) is 1.98. The zero-order valence-electron chi connectivity index (χ0n) is 6.99. The number of nitrogens with two attached hydrogens (primary N) is 2. The normalized spacial score (nSPS) is 15.6. The van der Waals surface area contributed by atoms with Crippen molar-refractivity contribution in [2.24, 2.45) is 11.5 Å². The van der Waals surface area contributed by atoms with E-state index in [9.17, 15) is 4.79 Å². The van der Waals surface area contributed by atoms with E-state index in [2.05, 4.69) is 0 Å². The predicted octanol–water partition coefficient (Wildman–Crippen LogP) is -0.763. The molecule has 0 aliphatic carbocycles. The van der Waals surface area contributed by atoms with Crippen molar-refractivity contribution in [2.75, 3.05) is 6.54 Å². The lowest BCUT2D eigenvalue weighted by molar-refractivity contribution is -0.158. The number of carboxylic acid groups (broad SMARTS) is 1. The fourth-order valence-electron chi connectivity index (χ4n) is 0.823. The van der Waals surface area contributed by atoms with E-state index >= 15 is 0 Å². The van der Waals surface area contributed by atoms with Crippen LogP contribution in [0.1, 0.15) is 25.7 Å². The number of aliphatic hydroxyl groups is 1. The number of carbonyl (C=O) groups is 1. The Morgan fingerprint density at radius 1 is 1.33 bits per heavy atom. The standard InChI is InChI=1S/C7H16N2O3/c8-5-3-1-2-4-7(9,12)6(10)11/h12H,1-5,8-9H2,(H,10,11)/t7-/m1/s1. The summed E-state index contributed by atoms with van der Waals surface area (Å²) in [7, 11) is 0. The van der Waals surface area contributed by atoms with Crippen molar-refractivity contribution in [3.8, 4) is 0 Å². The Balaban J connectivity index is 3.54. The minimum absolute atomic E-state index is 0.0718. The molecule has 5 nitrogen and oxygen atoms in total. The molecule has 0 heterocycles. The Morgan fingerprint density at radius 2 is 1.92 bits per heavy atom. The number of rotatable bonds is 6. The molecule has 0 amide bonds. The van der Waals surface area contributed by atoms with Gasteiger partial charge >= 0.3 is 5.97 Å². The maximum Gasteiger partial charge on any atom is 0.350 e. The van der Waals surface area contributed by atoms with Gasteiger partial charge in [-0.25, -0.2) is 4.79 Å². The Morgan fingerprint density at radius 3 is 2.33 bits per heavy atom. The number of unbranched alkanes of at least 4 members (excludes halogenated alkanes) is 2. The molecule has 0 bridgehead atoms. The van der Waals surface area contributed by atoms with Crippen LogP contribution in [0.4, 0.5) is 0 Å². The van der Waals surface area contributed by atoms with E-state index in [1.807, 2.05) is 0 Å². The molecule has 0 aromatic carbocycles. The Hall–Kier alpha value is -0.650. The molecular weight excluding hydrogens is 160 g/mol. The van der Waals surface area contributed by atoms with Gasteiger partial charge in [0.2, 0.25) is 5.72 Å². The molecule has 0 fully saturated rings. The van der Waals surface area contributed by atoms with Crippen molar-refractivity contribution in [3.05, 3.63) is 0 Å². The molecule has 1 atom stereocenters. The van der Waals surface area contributed by atoms with Crippen LogP contribution in [0, 0.1) is 0 Å². The second kappa shape index (κ2) is 5.08. The smallest absolute Gasteiger partial charge is 0.350 e. The lowest BCUT2D eigenvalue weighted by atomic mass is 10.1. The van der Waals surface area contributed by atoms with Gasteiger partial charge in [-0.3, -0.25) is 5.73 Å². The van der Waals surface area contributed by atoms with E-state index in [0.717, 1.165) is 12.8 Å². The average molecular weight is 176 g/mol. The quantitative estimate of drug-likeness (QED) is 0.314. The fourth-order valence-corrected chi connectivity index (χ4v) is 0.823. The first-order valence-corrected chi connectivity index (χ1v) is 3.95. The van der Waals surface area contributed by atoms with Crippen molar-refractivity contribution >= 4 is 5.97 Å². The molecule has 0 aromatic heterocycles. The molecule has 0 unspecified atom stereocenters. The van der Waals surface area contributed by atoms with E-state index in [4.69, 9.17) is 21.7 Å². The number of hydrogen-bond donors (Lipinski definition) is 4. The highest BCUT2D eigenvalue weighted by atomic mass is 16.4. The van der Waals surface area contributed by atoms with Crippen LogP contribution in [0.3, 0.4) is 0 Å². The zero-order valence-corrected chi connectivity index (χ0v) is 6.99. The topological polar surface area (TPSA) is 110 Å². The minimum Gasteiger partial charge on any atom is -0.478 e. The lowest BCUT2D eigenvalue weighted by Gasteiger charge is -2.16. The van der Waals surface area contributed by atoms with E-state index in [0.29, 0.717) is 13.0 Å². The Bertz CT molecular complexity index is 148. The summed E-state index contributed by atoms with van der Waals surface area (Å²) in [6.45, 7) is 0.579. The van der Waals surface area contributed by atoms with Crippen molar-refractivity contribution in [1.29, 1.82) is 0 Å². The molecule has 0 radical (unpaired) electrons. The molecule has 0 saturated carbocycles. The zero-order chi connectivity index (χ0) is 9.61. The summed E-state index contributed by atoms with van der Waals surface area (Å²) in [6, 6.07) is 0. The van der Waals surface area contributed by atoms with Gasteiger partial charge < -0.3 is 15.9 Å². The van der Waals surface area contributed by atoms with E-state index in [-0.39, 0.29) is 6.42 Å². The fraction of sp³-hybridized carbons (Fsp3) is 0.857. The van der Waals surface area contributed by atoms with Gasteiger partial charge in [-0.2, -0.15) is 0 Å². The first-order chi connectivity index (χ1) is 5.50. The maximum atomic E-state index is 10.3. The van der Waals surface area contributed by atoms with E-state index in [1.165, 1.54) is 0 Å². The number of aliphatic carboxylic acids is 1. The molecule has 12 heavy (non-hydrogen) atoms. The van der Waals surface area contributed by atoms with Crippen LogP contribution in [-0.2, 0) is 4.79 Å². The first-order valence-electron chi connectivity index (χ1n) is 3.95. The number of carboxylic acids is 1. The van der Waals surface area contributed by atoms with Crippen LogP contribution in [0.25, 0.3) is 0 Å². The third kappa shape index (κ3) is 4.27. The second-order valence-electron chi connectivity index (χ2n) is 2.83. The summed E-state index contributed by atoms with van der Waals surface area (Å²) in [5.74, 6) is -1.38. The van der Waals surface area contributed by atoms with Crippen molar-refractivity contribution in [2.45, 2.75) is 31.4 Å². The second-order valence-corrected chi connectivity index (χ2v) is 2.83. The largest absolute Gasteiger partial charge is 0.478 e. The van der Waals surface area contributed by atoms with Gasteiger partial charge in [0.05, 0.1) is 0 Å². The molecular formula is C7H16N2O3. The third-order valence-corrected chi connectivity index (χ3v) is 1.63. The summed E-state index contributed by atoms with van der Waals surface area (Å²) in [5, 5.41) is 17.4. The molecule has 6 N–H and O–H groups in total. The maximum absolute atomic E-state index is 10.3. The highest BCUT2D eigenvalue weighted by Gasteiger charge is 2.29. The van der Waals surface area contributed by atoms with Gasteiger partial charge in [-0.15, -0.1) is 0 Å². The predicted molar refractivity (Wildman–Crippen MR) is 44.3 cm³/mol. The number of hydrogen-bond acceptors (Lipinski definition) is 4. The lowest BCUT2D eigenvalue weighted by Crippen LogP contribution is -2.47. The monoisotopic (exact) mass is 176 g/mol. The molecule has 72 valence electrons. The van der Waals surface area contributed by atoms with Crippen molar-refractivity contribution in [1.82, 2.24) is 0 Å². The summed E-state index contributed by atoms with van der Waals surface area (Å²) < 4.78 is 0. The Kier molecular flexibility index (Phi) is 4.80. The summed E-state index contributed by atoms with van der Waals surface area (Å²) in [6.07, 6.45) is 2.28. The van der Waals surface area contributed by atoms with Gasteiger partial charge in [0.1, 0.15) is 0 Å². The van der Waals surface area contributed by atoms with Gasteiger partial charge in [0, 0.05) is 6.42 Å². The van der Waals surface area contributed by atoms with Gasteiger partial charge in [-0.1, -0.05) is 6.42 Å². The summed E-state index contributed by atoms with van der Waals surface area (Å²) in [5.41, 5.74) is 8.22. The van der Waals surface area contributed by atoms with Crippen molar-refractivity contribution < 1.29 is 15.0 Å². The van der Waals surface area contributed by atoms with Crippen LogP contribution < -0.4 is 11.5 Å². The molecule has 0 rings (SSSR count).